The summed E-state index contributed by atoms with van der Waals surface area (Å²) in [6.07, 6.45) is 3.44. The summed E-state index contributed by atoms with van der Waals surface area (Å²) in [5, 5.41) is 18.6. The molecule has 0 saturated carbocycles. The number of hydrogen-bond acceptors (Lipinski definition) is 7. The summed E-state index contributed by atoms with van der Waals surface area (Å²) in [6, 6.07) is 11.6. The number of nitrogens with zero attached hydrogens (tertiary/aromatic N) is 6. The Balaban J connectivity index is 2.03. The second-order valence-electron chi connectivity index (χ2n) is 6.18. The second kappa shape index (κ2) is 6.42. The molecule has 4 aromatic rings. The van der Waals surface area contributed by atoms with E-state index in [-0.39, 0.29) is 11.5 Å². The molecule has 0 aliphatic heterocycles. The van der Waals surface area contributed by atoms with Crippen molar-refractivity contribution in [3.05, 3.63) is 59.5 Å². The highest BCUT2D eigenvalue weighted by molar-refractivity contribution is 5.87. The van der Waals surface area contributed by atoms with E-state index in [1.165, 1.54) is 0 Å². The predicted molar refractivity (Wildman–Crippen MR) is 102 cm³/mol. The van der Waals surface area contributed by atoms with E-state index < -0.39 is 0 Å². The molecule has 7 nitrogen and oxygen atoms in total. The van der Waals surface area contributed by atoms with Gasteiger partial charge in [-0.25, -0.2) is 9.97 Å². The summed E-state index contributed by atoms with van der Waals surface area (Å²) >= 11 is 0. The van der Waals surface area contributed by atoms with Gasteiger partial charge in [-0.2, -0.15) is 10.4 Å². The molecule has 0 unspecified atom stereocenters. The fourth-order valence-electron chi connectivity index (χ4n) is 2.88. The summed E-state index contributed by atoms with van der Waals surface area (Å²) < 4.78 is 0. The van der Waals surface area contributed by atoms with Gasteiger partial charge >= 0.3 is 0 Å². The van der Waals surface area contributed by atoms with Crippen molar-refractivity contribution in [2.75, 3.05) is 5.73 Å². The lowest BCUT2D eigenvalue weighted by molar-refractivity contribution is 0.991. The molecule has 0 saturated heterocycles. The van der Waals surface area contributed by atoms with Gasteiger partial charge in [0, 0.05) is 17.1 Å². The van der Waals surface area contributed by atoms with Crippen molar-refractivity contribution in [2.45, 2.75) is 13.8 Å². The normalized spacial score (nSPS) is 10.7. The third-order valence-corrected chi connectivity index (χ3v) is 4.49. The van der Waals surface area contributed by atoms with E-state index in [0.29, 0.717) is 17.1 Å². The highest BCUT2D eigenvalue weighted by Crippen LogP contribution is 2.32. The molecular weight excluding hydrogens is 338 g/mol. The lowest BCUT2D eigenvalue weighted by Gasteiger charge is -2.12. The Morgan fingerprint density at radius 2 is 1.89 bits per heavy atom. The summed E-state index contributed by atoms with van der Waals surface area (Å²) in [4.78, 5) is 13.3. The molecule has 0 spiro atoms. The molecule has 0 amide bonds. The van der Waals surface area contributed by atoms with Crippen molar-refractivity contribution in [1.29, 1.82) is 5.26 Å². The van der Waals surface area contributed by atoms with Gasteiger partial charge in [0.1, 0.15) is 17.5 Å². The van der Waals surface area contributed by atoms with Crippen molar-refractivity contribution >= 4 is 16.7 Å². The third-order valence-electron chi connectivity index (χ3n) is 4.49. The lowest BCUT2D eigenvalue weighted by atomic mass is 10.0. The molecule has 27 heavy (non-hydrogen) atoms. The molecule has 0 atom stereocenters. The maximum atomic E-state index is 9.35. The van der Waals surface area contributed by atoms with Gasteiger partial charge in [-0.1, -0.05) is 12.1 Å². The first-order valence-electron chi connectivity index (χ1n) is 8.30. The number of nitriles is 1. The zero-order valence-electron chi connectivity index (χ0n) is 14.8. The van der Waals surface area contributed by atoms with Gasteiger partial charge in [0.2, 0.25) is 0 Å². The average Bonchev–Trinajstić information content (AvgIpc) is 2.69. The van der Waals surface area contributed by atoms with Gasteiger partial charge in [-0.05, 0) is 43.2 Å². The Morgan fingerprint density at radius 1 is 1.04 bits per heavy atom. The molecule has 0 bridgehead atoms. The van der Waals surface area contributed by atoms with Crippen LogP contribution in [0.1, 0.15) is 16.8 Å². The zero-order valence-corrected chi connectivity index (χ0v) is 14.8. The van der Waals surface area contributed by atoms with E-state index in [1.807, 2.05) is 50.2 Å². The van der Waals surface area contributed by atoms with E-state index in [2.05, 4.69) is 25.1 Å². The maximum absolute atomic E-state index is 9.35. The maximum Gasteiger partial charge on any atom is 0.183 e. The first-order chi connectivity index (χ1) is 13.1. The number of aromatic nitrogens is 5. The quantitative estimate of drug-likeness (QED) is 0.588. The summed E-state index contributed by atoms with van der Waals surface area (Å²) in [6.45, 7) is 3.90. The van der Waals surface area contributed by atoms with Crippen molar-refractivity contribution in [1.82, 2.24) is 25.1 Å². The Morgan fingerprint density at radius 3 is 2.70 bits per heavy atom. The number of nitrogen functional groups attached to an aromatic ring is 1. The Kier molecular flexibility index (Phi) is 3.94. The molecule has 0 aliphatic rings. The molecule has 4 rings (SSSR count). The first-order valence-corrected chi connectivity index (χ1v) is 8.30. The Hall–Kier alpha value is -3.92. The fourth-order valence-corrected chi connectivity index (χ4v) is 2.88. The summed E-state index contributed by atoms with van der Waals surface area (Å²) in [5.41, 5.74) is 11.3. The lowest BCUT2D eigenvalue weighted by Crippen LogP contribution is -2.06. The van der Waals surface area contributed by atoms with Crippen LogP contribution in [-0.4, -0.2) is 25.1 Å². The van der Waals surface area contributed by atoms with Crippen LogP contribution < -0.4 is 5.73 Å². The third kappa shape index (κ3) is 2.83. The number of pyridine rings is 1. The number of anilines is 1. The second-order valence-corrected chi connectivity index (χ2v) is 6.18. The van der Waals surface area contributed by atoms with E-state index in [1.54, 1.807) is 12.4 Å². The monoisotopic (exact) mass is 353 g/mol. The molecule has 3 heterocycles. The van der Waals surface area contributed by atoms with Crippen LogP contribution in [0.25, 0.3) is 33.5 Å². The van der Waals surface area contributed by atoms with Crippen LogP contribution >= 0.6 is 0 Å². The number of aryl methyl sites for hydroxylation is 1. The van der Waals surface area contributed by atoms with Crippen LogP contribution in [0, 0.1) is 25.2 Å². The van der Waals surface area contributed by atoms with Crippen molar-refractivity contribution in [3.8, 4) is 28.7 Å². The Labute approximate surface area is 155 Å². The van der Waals surface area contributed by atoms with Crippen LogP contribution in [0.5, 0.6) is 0 Å². The number of nitrogens with two attached hydrogens (primary N) is 1. The number of benzene rings is 1. The summed E-state index contributed by atoms with van der Waals surface area (Å²) in [7, 11) is 0. The van der Waals surface area contributed by atoms with Crippen molar-refractivity contribution in [2.24, 2.45) is 0 Å². The molecule has 130 valence electrons. The molecule has 7 heteroatoms. The largest absolute Gasteiger partial charge is 0.381 e. The average molecular weight is 353 g/mol. The topological polar surface area (TPSA) is 114 Å². The van der Waals surface area contributed by atoms with Crippen LogP contribution in [0.4, 0.5) is 5.82 Å². The highest BCUT2D eigenvalue weighted by atomic mass is 15.1. The van der Waals surface area contributed by atoms with Crippen LogP contribution in [0.15, 0.2) is 42.7 Å². The van der Waals surface area contributed by atoms with E-state index in [4.69, 9.17) is 5.73 Å². The smallest absolute Gasteiger partial charge is 0.183 e. The summed E-state index contributed by atoms with van der Waals surface area (Å²) in [5.74, 6) is 0.0708. The Bertz CT molecular complexity index is 1220. The van der Waals surface area contributed by atoms with E-state index in [9.17, 15) is 5.26 Å². The SMILES string of the molecule is Cc1cnnc(-c2nc(N)c(C#N)nc2-c2ccc3ncccc3c2)c1C. The van der Waals surface area contributed by atoms with Crippen molar-refractivity contribution in [3.63, 3.8) is 0 Å². The van der Waals surface area contributed by atoms with Crippen LogP contribution in [-0.2, 0) is 0 Å². The van der Waals surface area contributed by atoms with Crippen molar-refractivity contribution < 1.29 is 0 Å². The minimum Gasteiger partial charge on any atom is -0.381 e. The van der Waals surface area contributed by atoms with Crippen LogP contribution in [0.2, 0.25) is 0 Å². The highest BCUT2D eigenvalue weighted by Gasteiger charge is 2.19. The number of fused-ring (bicyclic) bond motifs is 1. The zero-order chi connectivity index (χ0) is 19.0. The first kappa shape index (κ1) is 16.5. The molecule has 1 aromatic carbocycles. The van der Waals surface area contributed by atoms with Gasteiger partial charge in [0.25, 0.3) is 0 Å². The van der Waals surface area contributed by atoms with Crippen LogP contribution in [0.3, 0.4) is 0 Å². The van der Waals surface area contributed by atoms with Gasteiger partial charge in [0.15, 0.2) is 11.5 Å². The number of hydrogen-bond donors (Lipinski definition) is 1. The molecule has 0 radical (unpaired) electrons. The predicted octanol–water partition coefficient (Wildman–Crippen LogP) is 3.22. The van der Waals surface area contributed by atoms with Gasteiger partial charge in [-0.3, -0.25) is 4.98 Å². The van der Waals surface area contributed by atoms with Gasteiger partial charge in [-0.15, -0.1) is 5.10 Å². The minimum atomic E-state index is 0.0708. The molecule has 0 aliphatic carbocycles. The fraction of sp³-hybridized carbons (Fsp3) is 0.100. The number of rotatable bonds is 2. The van der Waals surface area contributed by atoms with E-state index in [0.717, 1.165) is 27.6 Å². The molecular formula is C20H15N7. The standard InChI is InChI=1S/C20H15N7/c1-11-10-24-27-17(12(11)2)19-18(25-16(9-21)20(22)26-19)14-5-6-15-13(8-14)4-3-7-23-15/h3-8,10H,1-2H3,(H2,22,26). The van der Waals surface area contributed by atoms with Gasteiger partial charge < -0.3 is 5.73 Å². The molecule has 3 aromatic heterocycles. The molecule has 2 N–H and O–H groups in total. The molecule has 0 fully saturated rings. The van der Waals surface area contributed by atoms with E-state index >= 15 is 0 Å². The van der Waals surface area contributed by atoms with Gasteiger partial charge in [0.05, 0.1) is 17.4 Å². The minimum absolute atomic E-state index is 0.0708.